The number of halogens is 1. The first-order valence-electron chi connectivity index (χ1n) is 11.4. The summed E-state index contributed by atoms with van der Waals surface area (Å²) in [7, 11) is 2.03. The Balaban J connectivity index is 1.31. The molecule has 4 aromatic rings. The first kappa shape index (κ1) is 20.0. The number of aromatic nitrogens is 1. The van der Waals surface area contributed by atoms with E-state index in [1.165, 1.54) is 5.39 Å². The van der Waals surface area contributed by atoms with Crippen LogP contribution in [-0.2, 0) is 18.3 Å². The van der Waals surface area contributed by atoms with Crippen molar-refractivity contribution in [1.29, 1.82) is 0 Å². The molecule has 6 rings (SSSR count). The molecule has 0 amide bonds. The standard InChI is InChI=1S/C28H24FNO3/c1-30-14-13-17-3-2-4-21(27(17)30)19-9-11-24(29)26-20(19)10-12-25(26)33-18-7-5-16(6-8-18)22-15-23(22)28(31)32/h2-9,11,13-14,22-23,25H,10,12,15H2,1H3,(H,31,32)/t22?,23?,25-/m1/s1. The minimum absolute atomic E-state index is 0.0870. The van der Waals surface area contributed by atoms with Gasteiger partial charge in [0.1, 0.15) is 17.7 Å². The smallest absolute Gasteiger partial charge is 0.307 e. The normalized spacial score (nSPS) is 21.2. The van der Waals surface area contributed by atoms with Gasteiger partial charge in [0.25, 0.3) is 0 Å². The van der Waals surface area contributed by atoms with Gasteiger partial charge in [0, 0.05) is 29.8 Å². The summed E-state index contributed by atoms with van der Waals surface area (Å²) in [6, 6.07) is 19.4. The van der Waals surface area contributed by atoms with Crippen LogP contribution in [0.2, 0.25) is 0 Å². The maximum absolute atomic E-state index is 15.0. The van der Waals surface area contributed by atoms with Gasteiger partial charge >= 0.3 is 5.97 Å². The van der Waals surface area contributed by atoms with Gasteiger partial charge in [-0.3, -0.25) is 4.79 Å². The van der Waals surface area contributed by atoms with Crippen molar-refractivity contribution in [2.45, 2.75) is 31.3 Å². The highest BCUT2D eigenvalue weighted by Gasteiger charge is 2.44. The Kier molecular flexibility index (Phi) is 4.54. The number of carboxylic acid groups (broad SMARTS) is 1. The number of para-hydroxylation sites is 1. The lowest BCUT2D eigenvalue weighted by Gasteiger charge is -2.17. The molecule has 0 saturated heterocycles. The molecule has 1 fully saturated rings. The number of fused-ring (bicyclic) bond motifs is 2. The quantitative estimate of drug-likeness (QED) is 0.399. The fourth-order valence-electron chi connectivity index (χ4n) is 5.41. The number of rotatable bonds is 5. The number of ether oxygens (including phenoxy) is 1. The van der Waals surface area contributed by atoms with Gasteiger partial charge in [-0.1, -0.05) is 36.4 Å². The fourth-order valence-corrected chi connectivity index (χ4v) is 5.41. The maximum Gasteiger partial charge on any atom is 0.307 e. The SMILES string of the molecule is Cn1ccc2cccc(-c3ccc(F)c4c3CC[C@H]4Oc3ccc(C4CC4C(=O)O)cc3)c21. The summed E-state index contributed by atoms with van der Waals surface area (Å²) in [5.41, 5.74) is 6.01. The number of aliphatic carboxylic acids is 1. The van der Waals surface area contributed by atoms with Gasteiger partial charge in [0.05, 0.1) is 11.4 Å². The van der Waals surface area contributed by atoms with Crippen LogP contribution in [0.4, 0.5) is 4.39 Å². The largest absolute Gasteiger partial charge is 0.486 e. The number of hydrogen-bond acceptors (Lipinski definition) is 2. The second kappa shape index (κ2) is 7.48. The Morgan fingerprint density at radius 3 is 2.64 bits per heavy atom. The zero-order valence-electron chi connectivity index (χ0n) is 18.3. The number of nitrogens with zero attached hydrogens (tertiary/aromatic N) is 1. The Labute approximate surface area is 191 Å². The zero-order chi connectivity index (χ0) is 22.7. The van der Waals surface area contributed by atoms with Gasteiger partial charge in [-0.15, -0.1) is 0 Å². The van der Waals surface area contributed by atoms with E-state index in [0.29, 0.717) is 17.7 Å². The average Bonchev–Trinajstić information content (AvgIpc) is 3.38. The first-order valence-corrected chi connectivity index (χ1v) is 11.4. The van der Waals surface area contributed by atoms with Gasteiger partial charge in [-0.25, -0.2) is 4.39 Å². The molecule has 33 heavy (non-hydrogen) atoms. The molecule has 3 aromatic carbocycles. The van der Waals surface area contributed by atoms with Gasteiger partial charge in [-0.2, -0.15) is 0 Å². The van der Waals surface area contributed by atoms with Gasteiger partial charge in [0.2, 0.25) is 0 Å². The highest BCUT2D eigenvalue weighted by Crippen LogP contribution is 2.48. The van der Waals surface area contributed by atoms with Crippen LogP contribution < -0.4 is 4.74 Å². The molecule has 1 saturated carbocycles. The van der Waals surface area contributed by atoms with Gasteiger partial charge < -0.3 is 14.4 Å². The predicted molar refractivity (Wildman–Crippen MR) is 125 cm³/mol. The second-order valence-electron chi connectivity index (χ2n) is 9.16. The van der Waals surface area contributed by atoms with Crippen molar-refractivity contribution in [2.75, 3.05) is 0 Å². The molecule has 3 atom stereocenters. The Hall–Kier alpha value is -3.60. The second-order valence-corrected chi connectivity index (χ2v) is 9.16. The average molecular weight is 442 g/mol. The van der Waals surface area contributed by atoms with Crippen LogP contribution in [0.5, 0.6) is 5.75 Å². The number of benzene rings is 3. The van der Waals surface area contributed by atoms with Crippen LogP contribution in [-0.4, -0.2) is 15.6 Å². The lowest BCUT2D eigenvalue weighted by molar-refractivity contribution is -0.138. The summed E-state index contributed by atoms with van der Waals surface area (Å²) in [6.07, 6.45) is 3.87. The van der Waals surface area contributed by atoms with Gasteiger partial charge in [0.15, 0.2) is 0 Å². The van der Waals surface area contributed by atoms with E-state index in [4.69, 9.17) is 9.84 Å². The molecule has 2 aliphatic carbocycles. The summed E-state index contributed by atoms with van der Waals surface area (Å²) in [4.78, 5) is 11.1. The molecule has 5 heteroatoms. The third-order valence-electron chi connectivity index (χ3n) is 7.16. The van der Waals surface area contributed by atoms with E-state index >= 15 is 4.39 Å². The molecular formula is C28H24FNO3. The lowest BCUT2D eigenvalue weighted by Crippen LogP contribution is -2.06. The van der Waals surface area contributed by atoms with Crippen LogP contribution >= 0.6 is 0 Å². The molecule has 2 unspecified atom stereocenters. The molecule has 166 valence electrons. The van der Waals surface area contributed by atoms with Crippen LogP contribution in [0.25, 0.3) is 22.0 Å². The molecular weight excluding hydrogens is 417 g/mol. The first-order chi connectivity index (χ1) is 16.0. The number of carbonyl (C=O) groups is 1. The minimum Gasteiger partial charge on any atom is -0.486 e. The van der Waals surface area contributed by atoms with Crippen molar-refractivity contribution in [2.24, 2.45) is 13.0 Å². The van der Waals surface area contributed by atoms with Crippen molar-refractivity contribution >= 4 is 16.9 Å². The molecule has 1 N–H and O–H groups in total. The van der Waals surface area contributed by atoms with Crippen molar-refractivity contribution < 1.29 is 19.0 Å². The minimum atomic E-state index is -0.736. The van der Waals surface area contributed by atoms with Crippen LogP contribution in [0.1, 0.15) is 41.6 Å². The molecule has 1 heterocycles. The molecule has 0 radical (unpaired) electrons. The van der Waals surface area contributed by atoms with E-state index in [-0.39, 0.29) is 23.8 Å². The Morgan fingerprint density at radius 2 is 1.88 bits per heavy atom. The van der Waals surface area contributed by atoms with Crippen LogP contribution in [0.15, 0.2) is 66.9 Å². The summed E-state index contributed by atoms with van der Waals surface area (Å²) in [5.74, 6) is -0.475. The van der Waals surface area contributed by atoms with E-state index in [1.54, 1.807) is 6.07 Å². The maximum atomic E-state index is 15.0. The molecule has 0 aliphatic heterocycles. The van der Waals surface area contributed by atoms with E-state index in [1.807, 2.05) is 49.6 Å². The highest BCUT2D eigenvalue weighted by molar-refractivity contribution is 5.95. The lowest BCUT2D eigenvalue weighted by atomic mass is 9.95. The van der Waals surface area contributed by atoms with Crippen LogP contribution in [0, 0.1) is 11.7 Å². The summed E-state index contributed by atoms with van der Waals surface area (Å²) in [6.45, 7) is 0. The number of carboxylic acids is 1. The van der Waals surface area contributed by atoms with E-state index in [9.17, 15) is 4.79 Å². The van der Waals surface area contributed by atoms with Crippen molar-refractivity contribution in [3.05, 3.63) is 89.4 Å². The molecule has 4 nitrogen and oxygen atoms in total. The van der Waals surface area contributed by atoms with E-state index < -0.39 is 5.97 Å². The fraction of sp³-hybridized carbons (Fsp3) is 0.250. The Bertz CT molecular complexity index is 1390. The monoisotopic (exact) mass is 441 g/mol. The van der Waals surface area contributed by atoms with E-state index in [2.05, 4.69) is 22.8 Å². The predicted octanol–water partition coefficient (Wildman–Crippen LogP) is 6.24. The number of aryl methyl sites for hydroxylation is 1. The van der Waals surface area contributed by atoms with Crippen LogP contribution in [0.3, 0.4) is 0 Å². The zero-order valence-corrected chi connectivity index (χ0v) is 18.3. The van der Waals surface area contributed by atoms with Crippen molar-refractivity contribution in [1.82, 2.24) is 4.57 Å². The van der Waals surface area contributed by atoms with Gasteiger partial charge in [-0.05, 0) is 66.1 Å². The van der Waals surface area contributed by atoms with Crippen molar-refractivity contribution in [3.63, 3.8) is 0 Å². The topological polar surface area (TPSA) is 51.5 Å². The third kappa shape index (κ3) is 3.30. The third-order valence-corrected chi connectivity index (χ3v) is 7.16. The van der Waals surface area contributed by atoms with Crippen molar-refractivity contribution in [3.8, 4) is 16.9 Å². The molecule has 2 aliphatic rings. The Morgan fingerprint density at radius 1 is 1.06 bits per heavy atom. The highest BCUT2D eigenvalue weighted by atomic mass is 19.1. The number of hydrogen-bond donors (Lipinski definition) is 1. The summed E-state index contributed by atoms with van der Waals surface area (Å²) in [5, 5.41) is 10.3. The molecule has 1 aromatic heterocycles. The molecule has 0 spiro atoms. The summed E-state index contributed by atoms with van der Waals surface area (Å²) >= 11 is 0. The summed E-state index contributed by atoms with van der Waals surface area (Å²) < 4.78 is 23.4. The molecule has 0 bridgehead atoms. The van der Waals surface area contributed by atoms with E-state index in [0.717, 1.165) is 40.6 Å².